The summed E-state index contributed by atoms with van der Waals surface area (Å²) in [6.45, 7) is 0.316. The number of hydrogen-bond acceptors (Lipinski definition) is 3. The molecule has 2 rings (SSSR count). The molecule has 1 aromatic carbocycles. The number of rotatable bonds is 4. The molecule has 5 nitrogen and oxygen atoms in total. The minimum Gasteiger partial charge on any atom is -0.345 e. The number of aromatic nitrogens is 3. The molecule has 1 aromatic heterocycles. The van der Waals surface area contributed by atoms with E-state index in [1.54, 1.807) is 30.2 Å². The standard InChI is InChI=1S/C12H13ClN4O/c1-17-8-15-11(16-17)7-14-12(18)10-4-2-9(6-13)3-5-10/h2-5,8H,6-7H2,1H3,(H,14,18). The maximum Gasteiger partial charge on any atom is 0.251 e. The van der Waals surface area contributed by atoms with E-state index in [0.717, 1.165) is 5.56 Å². The van der Waals surface area contributed by atoms with Gasteiger partial charge in [0.15, 0.2) is 5.82 Å². The summed E-state index contributed by atoms with van der Waals surface area (Å²) in [7, 11) is 1.78. The van der Waals surface area contributed by atoms with Gasteiger partial charge in [0.1, 0.15) is 6.33 Å². The van der Waals surface area contributed by atoms with Crippen LogP contribution in [0.1, 0.15) is 21.7 Å². The second-order valence-electron chi connectivity index (χ2n) is 3.85. The van der Waals surface area contributed by atoms with Crippen LogP contribution in [0.15, 0.2) is 30.6 Å². The number of alkyl halides is 1. The first-order valence-corrected chi connectivity index (χ1v) is 6.00. The van der Waals surface area contributed by atoms with Crippen LogP contribution in [0.2, 0.25) is 0 Å². The molecule has 0 atom stereocenters. The molecule has 0 bridgehead atoms. The van der Waals surface area contributed by atoms with Crippen molar-refractivity contribution in [1.29, 1.82) is 0 Å². The summed E-state index contributed by atoms with van der Waals surface area (Å²) in [5.74, 6) is 0.881. The Morgan fingerprint density at radius 1 is 1.39 bits per heavy atom. The summed E-state index contributed by atoms with van der Waals surface area (Å²) < 4.78 is 1.59. The van der Waals surface area contributed by atoms with Crippen LogP contribution in [0.5, 0.6) is 0 Å². The fraction of sp³-hybridized carbons (Fsp3) is 0.250. The minimum absolute atomic E-state index is 0.149. The molecule has 1 heterocycles. The topological polar surface area (TPSA) is 59.8 Å². The fourth-order valence-corrected chi connectivity index (χ4v) is 1.65. The number of amides is 1. The lowest BCUT2D eigenvalue weighted by Crippen LogP contribution is -2.23. The molecule has 0 fully saturated rings. The average molecular weight is 265 g/mol. The highest BCUT2D eigenvalue weighted by atomic mass is 35.5. The highest BCUT2D eigenvalue weighted by Gasteiger charge is 2.06. The Kier molecular flexibility index (Phi) is 3.94. The van der Waals surface area contributed by atoms with E-state index in [4.69, 9.17) is 11.6 Å². The van der Waals surface area contributed by atoms with E-state index in [-0.39, 0.29) is 5.91 Å². The van der Waals surface area contributed by atoms with Crippen LogP contribution >= 0.6 is 11.6 Å². The molecule has 1 N–H and O–H groups in total. The minimum atomic E-state index is -0.149. The van der Waals surface area contributed by atoms with Gasteiger partial charge in [0.2, 0.25) is 0 Å². The van der Waals surface area contributed by atoms with E-state index < -0.39 is 0 Å². The number of nitrogens with zero attached hydrogens (tertiary/aromatic N) is 3. The summed E-state index contributed by atoms with van der Waals surface area (Å²) in [5, 5.41) is 6.83. The molecule has 0 aliphatic carbocycles. The monoisotopic (exact) mass is 264 g/mol. The van der Waals surface area contributed by atoms with Gasteiger partial charge in [0.25, 0.3) is 5.91 Å². The Bertz CT molecular complexity index is 535. The number of nitrogens with one attached hydrogen (secondary N) is 1. The maximum atomic E-state index is 11.8. The van der Waals surface area contributed by atoms with Crippen LogP contribution in [-0.2, 0) is 19.5 Å². The normalized spacial score (nSPS) is 10.3. The van der Waals surface area contributed by atoms with Crippen molar-refractivity contribution in [2.45, 2.75) is 12.4 Å². The second kappa shape index (κ2) is 5.64. The lowest BCUT2D eigenvalue weighted by molar-refractivity contribution is 0.0950. The number of carbonyl (C=O) groups excluding carboxylic acids is 1. The van der Waals surface area contributed by atoms with E-state index in [1.165, 1.54) is 0 Å². The van der Waals surface area contributed by atoms with Crippen LogP contribution in [0.4, 0.5) is 0 Å². The summed E-state index contributed by atoms with van der Waals surface area (Å²) >= 11 is 5.68. The van der Waals surface area contributed by atoms with Gasteiger partial charge in [0, 0.05) is 18.5 Å². The quantitative estimate of drug-likeness (QED) is 0.851. The van der Waals surface area contributed by atoms with Crippen molar-refractivity contribution in [2.24, 2.45) is 7.05 Å². The van der Waals surface area contributed by atoms with Crippen molar-refractivity contribution < 1.29 is 4.79 Å². The van der Waals surface area contributed by atoms with E-state index in [0.29, 0.717) is 23.8 Å². The Morgan fingerprint density at radius 2 is 2.11 bits per heavy atom. The van der Waals surface area contributed by atoms with Crippen molar-refractivity contribution in [3.63, 3.8) is 0 Å². The third-order valence-corrected chi connectivity index (χ3v) is 2.73. The van der Waals surface area contributed by atoms with Crippen molar-refractivity contribution in [2.75, 3.05) is 0 Å². The molecule has 1 amide bonds. The zero-order chi connectivity index (χ0) is 13.0. The highest BCUT2D eigenvalue weighted by molar-refractivity contribution is 6.17. The van der Waals surface area contributed by atoms with Gasteiger partial charge in [-0.05, 0) is 17.7 Å². The number of halogens is 1. The van der Waals surface area contributed by atoms with Crippen LogP contribution in [-0.4, -0.2) is 20.7 Å². The van der Waals surface area contributed by atoms with Gasteiger partial charge in [-0.15, -0.1) is 11.6 Å². The third kappa shape index (κ3) is 3.07. The third-order valence-electron chi connectivity index (χ3n) is 2.42. The van der Waals surface area contributed by atoms with Gasteiger partial charge in [-0.2, -0.15) is 5.10 Å². The Balaban J connectivity index is 1.94. The number of hydrogen-bond donors (Lipinski definition) is 1. The first-order valence-electron chi connectivity index (χ1n) is 5.46. The van der Waals surface area contributed by atoms with Crippen LogP contribution in [0.25, 0.3) is 0 Å². The SMILES string of the molecule is Cn1cnc(CNC(=O)c2ccc(CCl)cc2)n1. The van der Waals surface area contributed by atoms with Crippen molar-refractivity contribution in [1.82, 2.24) is 20.1 Å². The maximum absolute atomic E-state index is 11.8. The number of carbonyl (C=O) groups is 1. The second-order valence-corrected chi connectivity index (χ2v) is 4.11. The van der Waals surface area contributed by atoms with Crippen molar-refractivity contribution in [3.8, 4) is 0 Å². The molecule has 18 heavy (non-hydrogen) atoms. The highest BCUT2D eigenvalue weighted by Crippen LogP contribution is 2.06. The van der Waals surface area contributed by atoms with Gasteiger partial charge < -0.3 is 5.32 Å². The molecular weight excluding hydrogens is 252 g/mol. The first-order chi connectivity index (χ1) is 8.69. The van der Waals surface area contributed by atoms with Gasteiger partial charge in [0.05, 0.1) is 6.54 Å². The Hall–Kier alpha value is -1.88. The lowest BCUT2D eigenvalue weighted by atomic mass is 10.1. The summed E-state index contributed by atoms with van der Waals surface area (Å²) in [6.07, 6.45) is 1.59. The Labute approximate surface area is 110 Å². The molecule has 2 aromatic rings. The van der Waals surface area contributed by atoms with E-state index in [1.807, 2.05) is 12.1 Å². The molecule has 0 unspecified atom stereocenters. The zero-order valence-electron chi connectivity index (χ0n) is 9.93. The predicted octanol–water partition coefficient (Wildman–Crippen LogP) is 1.48. The molecule has 0 saturated heterocycles. The zero-order valence-corrected chi connectivity index (χ0v) is 10.7. The van der Waals surface area contributed by atoms with Crippen LogP contribution in [0.3, 0.4) is 0 Å². The van der Waals surface area contributed by atoms with Gasteiger partial charge in [-0.25, -0.2) is 4.98 Å². The fourth-order valence-electron chi connectivity index (χ4n) is 1.47. The molecule has 0 aliphatic rings. The largest absolute Gasteiger partial charge is 0.345 e. The van der Waals surface area contributed by atoms with Gasteiger partial charge in [-0.3, -0.25) is 9.48 Å². The molecule has 0 saturated carbocycles. The van der Waals surface area contributed by atoms with E-state index in [2.05, 4.69) is 15.4 Å². The van der Waals surface area contributed by atoms with Gasteiger partial charge in [-0.1, -0.05) is 12.1 Å². The summed E-state index contributed by atoms with van der Waals surface area (Å²) in [5.41, 5.74) is 1.58. The first kappa shape index (κ1) is 12.6. The Morgan fingerprint density at radius 3 is 2.67 bits per heavy atom. The van der Waals surface area contributed by atoms with Gasteiger partial charge >= 0.3 is 0 Å². The number of aryl methyl sites for hydroxylation is 1. The van der Waals surface area contributed by atoms with E-state index in [9.17, 15) is 4.79 Å². The molecule has 6 heteroatoms. The molecule has 94 valence electrons. The van der Waals surface area contributed by atoms with Crippen LogP contribution < -0.4 is 5.32 Å². The molecular formula is C12H13ClN4O. The number of benzene rings is 1. The molecule has 0 spiro atoms. The summed E-state index contributed by atoms with van der Waals surface area (Å²) in [4.78, 5) is 15.8. The summed E-state index contributed by atoms with van der Waals surface area (Å²) in [6, 6.07) is 7.17. The van der Waals surface area contributed by atoms with Crippen molar-refractivity contribution in [3.05, 3.63) is 47.5 Å². The average Bonchev–Trinajstić information content (AvgIpc) is 2.82. The lowest BCUT2D eigenvalue weighted by Gasteiger charge is -2.03. The van der Waals surface area contributed by atoms with Crippen molar-refractivity contribution >= 4 is 17.5 Å². The predicted molar refractivity (Wildman–Crippen MR) is 68.2 cm³/mol. The smallest absolute Gasteiger partial charge is 0.251 e. The molecule has 0 radical (unpaired) electrons. The van der Waals surface area contributed by atoms with Crippen LogP contribution in [0, 0.1) is 0 Å². The molecule has 0 aliphatic heterocycles. The van der Waals surface area contributed by atoms with E-state index >= 15 is 0 Å².